The second-order valence-corrected chi connectivity index (χ2v) is 8.43. The summed E-state index contributed by atoms with van der Waals surface area (Å²) in [4.78, 5) is 23.9. The van der Waals surface area contributed by atoms with Crippen molar-refractivity contribution in [2.75, 3.05) is 13.6 Å². The van der Waals surface area contributed by atoms with Crippen molar-refractivity contribution in [3.8, 4) is 0 Å². The number of carbonyl (C=O) groups excluding carboxylic acids is 1. The lowest BCUT2D eigenvalue weighted by molar-refractivity contribution is -0.122. The number of amides is 1. The molecule has 1 atom stereocenters. The fourth-order valence-corrected chi connectivity index (χ4v) is 3.64. The van der Waals surface area contributed by atoms with E-state index in [0.717, 1.165) is 30.8 Å². The molecule has 3 rings (SSSR count). The van der Waals surface area contributed by atoms with Gasteiger partial charge < -0.3 is 15.5 Å². The molecule has 1 amide bonds. The van der Waals surface area contributed by atoms with Gasteiger partial charge in [0, 0.05) is 30.1 Å². The Kier molecular flexibility index (Phi) is 5.82. The van der Waals surface area contributed by atoms with Crippen molar-refractivity contribution in [3.63, 3.8) is 0 Å². The van der Waals surface area contributed by atoms with Crippen LogP contribution in [-0.2, 0) is 4.79 Å². The molecule has 2 heterocycles. The fraction of sp³-hybridized carbons (Fsp3) is 0.571. The molecular weight excluding hydrogens is 338 g/mol. The molecule has 1 unspecified atom stereocenters. The van der Waals surface area contributed by atoms with Gasteiger partial charge in [0.1, 0.15) is 5.84 Å². The van der Waals surface area contributed by atoms with E-state index in [1.165, 1.54) is 24.1 Å². The highest BCUT2D eigenvalue weighted by Gasteiger charge is 2.28. The third kappa shape index (κ3) is 5.08. The summed E-state index contributed by atoms with van der Waals surface area (Å²) in [5.74, 6) is 0.932. The largest absolute Gasteiger partial charge is 0.362 e. The molecule has 1 aliphatic carbocycles. The van der Waals surface area contributed by atoms with Crippen molar-refractivity contribution in [2.24, 2.45) is 4.99 Å². The van der Waals surface area contributed by atoms with E-state index in [9.17, 15) is 4.79 Å². The summed E-state index contributed by atoms with van der Waals surface area (Å²) in [6, 6.07) is 5.89. The Morgan fingerprint density at radius 2 is 2.04 bits per heavy atom. The van der Waals surface area contributed by atoms with Crippen molar-refractivity contribution in [1.82, 2.24) is 20.5 Å². The second-order valence-electron chi connectivity index (χ2n) is 8.43. The zero-order valence-corrected chi connectivity index (χ0v) is 16.9. The Balaban J connectivity index is 1.86. The Morgan fingerprint density at radius 3 is 2.74 bits per heavy atom. The number of nitrogens with zero attached hydrogens (tertiary/aromatic N) is 3. The number of hydrogen-bond acceptors (Lipinski definition) is 5. The highest BCUT2D eigenvalue weighted by Crippen LogP contribution is 2.31. The molecule has 0 fully saturated rings. The van der Waals surface area contributed by atoms with Gasteiger partial charge in [0.25, 0.3) is 0 Å². The molecule has 0 radical (unpaired) electrons. The minimum atomic E-state index is -0.239. The maximum atomic E-state index is 12.4. The van der Waals surface area contributed by atoms with E-state index in [4.69, 9.17) is 4.99 Å². The molecule has 146 valence electrons. The van der Waals surface area contributed by atoms with E-state index in [2.05, 4.69) is 15.6 Å². The summed E-state index contributed by atoms with van der Waals surface area (Å²) in [5.41, 5.74) is 3.18. The molecule has 6 nitrogen and oxygen atoms in total. The van der Waals surface area contributed by atoms with E-state index in [1.807, 2.05) is 50.9 Å². The van der Waals surface area contributed by atoms with E-state index in [1.54, 1.807) is 6.20 Å². The molecule has 2 aliphatic rings. The molecule has 1 aliphatic heterocycles. The predicted molar refractivity (Wildman–Crippen MR) is 108 cm³/mol. The second kappa shape index (κ2) is 8.11. The highest BCUT2D eigenvalue weighted by molar-refractivity contribution is 6.01. The maximum Gasteiger partial charge on any atom is 0.239 e. The first-order valence-corrected chi connectivity index (χ1v) is 9.83. The number of likely N-dealkylation sites (N-methyl/N-ethyl adjacent to an activating group) is 1. The third-order valence-corrected chi connectivity index (χ3v) is 4.77. The standard InChI is InChI=1S/C21H31N5O/c1-21(2,3)25-18(27)14-26(4)20-15-10-6-5-7-11-16(15)23-19(24-20)17-12-8-9-13-22-17/h8-9,12-13,19,23H,5-7,10-11,14H2,1-4H3,(H,25,27). The first kappa shape index (κ1) is 19.4. The number of aromatic nitrogens is 1. The third-order valence-electron chi connectivity index (χ3n) is 4.77. The Labute approximate surface area is 162 Å². The first-order chi connectivity index (χ1) is 12.8. The summed E-state index contributed by atoms with van der Waals surface area (Å²) in [6.07, 6.45) is 7.19. The molecule has 0 aromatic carbocycles. The number of nitrogens with one attached hydrogen (secondary N) is 2. The van der Waals surface area contributed by atoms with Crippen molar-refractivity contribution in [3.05, 3.63) is 41.4 Å². The number of aliphatic imine (C=N–C) groups is 1. The van der Waals surface area contributed by atoms with Gasteiger partial charge in [0.2, 0.25) is 5.91 Å². The van der Waals surface area contributed by atoms with Crippen LogP contribution in [0.15, 0.2) is 40.7 Å². The molecule has 2 N–H and O–H groups in total. The minimum absolute atomic E-state index is 0.0105. The molecule has 1 aromatic rings. The number of hydrogen-bond donors (Lipinski definition) is 2. The van der Waals surface area contributed by atoms with E-state index in [0.29, 0.717) is 6.54 Å². The summed E-state index contributed by atoms with van der Waals surface area (Å²) < 4.78 is 0. The van der Waals surface area contributed by atoms with Gasteiger partial charge in [-0.15, -0.1) is 0 Å². The molecule has 0 bridgehead atoms. The average Bonchev–Trinajstić information content (AvgIpc) is 2.85. The number of allylic oxidation sites excluding steroid dienone is 1. The van der Waals surface area contributed by atoms with Crippen LogP contribution in [0.4, 0.5) is 0 Å². The van der Waals surface area contributed by atoms with Crippen LogP contribution < -0.4 is 10.6 Å². The van der Waals surface area contributed by atoms with Crippen LogP contribution in [0.1, 0.15) is 64.7 Å². The number of amidine groups is 1. The van der Waals surface area contributed by atoms with Gasteiger partial charge in [0.15, 0.2) is 6.17 Å². The molecule has 0 spiro atoms. The van der Waals surface area contributed by atoms with Crippen LogP contribution in [-0.4, -0.2) is 40.8 Å². The maximum absolute atomic E-state index is 12.4. The Morgan fingerprint density at radius 1 is 1.26 bits per heavy atom. The van der Waals surface area contributed by atoms with Crippen LogP contribution in [0, 0.1) is 0 Å². The quantitative estimate of drug-likeness (QED) is 0.859. The van der Waals surface area contributed by atoms with Crippen molar-refractivity contribution in [2.45, 2.75) is 64.6 Å². The van der Waals surface area contributed by atoms with Gasteiger partial charge in [0.05, 0.1) is 12.2 Å². The lowest BCUT2D eigenvalue weighted by Gasteiger charge is -2.32. The summed E-state index contributed by atoms with van der Waals surface area (Å²) in [7, 11) is 1.96. The molecular formula is C21H31N5O. The van der Waals surface area contributed by atoms with Crippen molar-refractivity contribution in [1.29, 1.82) is 0 Å². The molecule has 0 saturated carbocycles. The zero-order valence-electron chi connectivity index (χ0n) is 16.9. The monoisotopic (exact) mass is 369 g/mol. The molecule has 1 aromatic heterocycles. The smallest absolute Gasteiger partial charge is 0.239 e. The summed E-state index contributed by atoms with van der Waals surface area (Å²) in [5, 5.41) is 6.63. The fourth-order valence-electron chi connectivity index (χ4n) is 3.64. The number of pyridine rings is 1. The van der Waals surface area contributed by atoms with Gasteiger partial charge in [-0.1, -0.05) is 12.5 Å². The summed E-state index contributed by atoms with van der Waals surface area (Å²) >= 11 is 0. The van der Waals surface area contributed by atoms with Crippen LogP contribution in [0.3, 0.4) is 0 Å². The SMILES string of the molecule is CN(CC(=O)NC(C)(C)C)C1=NC(c2ccccn2)NC2=C1CCCCC2. The first-order valence-electron chi connectivity index (χ1n) is 9.83. The van der Waals surface area contributed by atoms with Crippen LogP contribution in [0.5, 0.6) is 0 Å². The molecule has 6 heteroatoms. The van der Waals surface area contributed by atoms with Crippen LogP contribution in [0.2, 0.25) is 0 Å². The van der Waals surface area contributed by atoms with Crippen LogP contribution in [0.25, 0.3) is 0 Å². The van der Waals surface area contributed by atoms with Gasteiger partial charge in [-0.2, -0.15) is 0 Å². The lowest BCUT2D eigenvalue weighted by atomic mass is 10.0. The predicted octanol–water partition coefficient (Wildman–Crippen LogP) is 3.15. The Bertz CT molecular complexity index is 733. The molecule has 27 heavy (non-hydrogen) atoms. The van der Waals surface area contributed by atoms with E-state index < -0.39 is 0 Å². The van der Waals surface area contributed by atoms with E-state index >= 15 is 0 Å². The van der Waals surface area contributed by atoms with E-state index in [-0.39, 0.29) is 17.6 Å². The van der Waals surface area contributed by atoms with Gasteiger partial charge >= 0.3 is 0 Å². The normalized spacial score (nSPS) is 20.1. The van der Waals surface area contributed by atoms with Gasteiger partial charge in [-0.05, 0) is 58.6 Å². The highest BCUT2D eigenvalue weighted by atomic mass is 16.2. The van der Waals surface area contributed by atoms with Gasteiger partial charge in [-0.25, -0.2) is 4.99 Å². The topological polar surface area (TPSA) is 69.6 Å². The van der Waals surface area contributed by atoms with Crippen molar-refractivity contribution >= 4 is 11.7 Å². The summed E-state index contributed by atoms with van der Waals surface area (Å²) in [6.45, 7) is 6.28. The van der Waals surface area contributed by atoms with Crippen molar-refractivity contribution < 1.29 is 4.79 Å². The average molecular weight is 370 g/mol. The minimum Gasteiger partial charge on any atom is -0.362 e. The Hall–Kier alpha value is -2.37. The lowest BCUT2D eigenvalue weighted by Crippen LogP contribution is -2.47. The molecule has 0 saturated heterocycles. The number of carbonyl (C=O) groups is 1. The van der Waals surface area contributed by atoms with Gasteiger partial charge in [-0.3, -0.25) is 9.78 Å². The zero-order chi connectivity index (χ0) is 19.4. The van der Waals surface area contributed by atoms with Crippen LogP contribution >= 0.6 is 0 Å². The number of rotatable bonds is 3.